The molecular weight excluding hydrogens is 268 g/mol. The zero-order valence-electron chi connectivity index (χ0n) is 12.4. The summed E-state index contributed by atoms with van der Waals surface area (Å²) in [6.07, 6.45) is 8.93. The Labute approximate surface area is 125 Å². The van der Waals surface area contributed by atoms with Crippen molar-refractivity contribution in [2.24, 2.45) is 0 Å². The maximum atomic E-state index is 12.6. The van der Waals surface area contributed by atoms with Crippen molar-refractivity contribution in [3.05, 3.63) is 36.0 Å². The molecule has 0 bridgehead atoms. The monoisotopic (exact) mass is 290 g/mol. The van der Waals surface area contributed by atoms with Crippen molar-refractivity contribution in [1.82, 2.24) is 0 Å². The molecule has 1 aliphatic carbocycles. The summed E-state index contributed by atoms with van der Waals surface area (Å²) in [5.74, 6) is -0.477. The van der Waals surface area contributed by atoms with Crippen LogP contribution < -0.4 is 0 Å². The van der Waals surface area contributed by atoms with E-state index in [1.54, 1.807) is 12.2 Å². The van der Waals surface area contributed by atoms with Gasteiger partial charge in [-0.15, -0.1) is 6.58 Å². The molecule has 0 amide bonds. The normalized spacial score (nSPS) is 28.2. The number of ketones is 2. The highest BCUT2D eigenvalue weighted by Crippen LogP contribution is 2.48. The molecule has 1 aliphatic heterocycles. The molecule has 1 N–H and O–H groups in total. The van der Waals surface area contributed by atoms with Crippen LogP contribution in [0.3, 0.4) is 0 Å². The second kappa shape index (κ2) is 6.50. The Bertz CT molecular complexity index is 515. The van der Waals surface area contributed by atoms with Crippen molar-refractivity contribution in [2.75, 3.05) is 6.61 Å². The van der Waals surface area contributed by atoms with Crippen LogP contribution in [0.1, 0.15) is 39.0 Å². The van der Waals surface area contributed by atoms with E-state index in [2.05, 4.69) is 13.5 Å². The van der Waals surface area contributed by atoms with Crippen molar-refractivity contribution in [2.45, 2.75) is 50.7 Å². The van der Waals surface area contributed by atoms with Gasteiger partial charge in [0, 0.05) is 17.6 Å². The minimum Gasteiger partial charge on any atom is -0.392 e. The van der Waals surface area contributed by atoms with Gasteiger partial charge in [-0.2, -0.15) is 0 Å². The minimum absolute atomic E-state index is 0.175. The first kappa shape index (κ1) is 15.9. The molecule has 4 heteroatoms. The summed E-state index contributed by atoms with van der Waals surface area (Å²) in [5, 5.41) is 9.40. The summed E-state index contributed by atoms with van der Waals surface area (Å²) in [4.78, 5) is 24.8. The van der Waals surface area contributed by atoms with Crippen LogP contribution in [0.4, 0.5) is 0 Å². The number of ether oxygens (including phenoxy) is 1. The van der Waals surface area contributed by atoms with Crippen LogP contribution in [0.25, 0.3) is 0 Å². The van der Waals surface area contributed by atoms with E-state index < -0.39 is 18.3 Å². The fourth-order valence-electron chi connectivity index (χ4n) is 2.79. The lowest BCUT2D eigenvalue weighted by atomic mass is 9.80. The van der Waals surface area contributed by atoms with Crippen molar-refractivity contribution in [1.29, 1.82) is 0 Å². The number of aliphatic hydroxyl groups excluding tert-OH is 1. The fraction of sp³-hybridized carbons (Fsp3) is 0.529. The van der Waals surface area contributed by atoms with Gasteiger partial charge < -0.3 is 9.84 Å². The molecule has 1 fully saturated rings. The van der Waals surface area contributed by atoms with Gasteiger partial charge in [-0.1, -0.05) is 38.0 Å². The Morgan fingerprint density at radius 3 is 2.76 bits per heavy atom. The van der Waals surface area contributed by atoms with E-state index in [9.17, 15) is 14.7 Å². The van der Waals surface area contributed by atoms with Crippen LogP contribution in [0.2, 0.25) is 0 Å². The van der Waals surface area contributed by atoms with Gasteiger partial charge in [0.2, 0.25) is 0 Å². The molecule has 0 spiro atoms. The van der Waals surface area contributed by atoms with Crippen LogP contribution in [0.5, 0.6) is 0 Å². The summed E-state index contributed by atoms with van der Waals surface area (Å²) in [7, 11) is 0. The topological polar surface area (TPSA) is 66.9 Å². The molecule has 21 heavy (non-hydrogen) atoms. The number of fused-ring (bicyclic) bond motifs is 1. The second-order valence-corrected chi connectivity index (χ2v) is 5.52. The summed E-state index contributed by atoms with van der Waals surface area (Å²) in [6.45, 7) is 5.32. The van der Waals surface area contributed by atoms with E-state index in [0.29, 0.717) is 12.0 Å². The number of allylic oxidation sites excluding steroid dienone is 2. The molecule has 1 saturated heterocycles. The lowest BCUT2D eigenvalue weighted by Gasteiger charge is -2.18. The van der Waals surface area contributed by atoms with Crippen LogP contribution in [-0.4, -0.2) is 35.0 Å². The molecule has 1 heterocycles. The van der Waals surface area contributed by atoms with Crippen LogP contribution in [0, 0.1) is 0 Å². The third-order valence-corrected chi connectivity index (χ3v) is 4.05. The average Bonchev–Trinajstić information content (AvgIpc) is 3.20. The van der Waals surface area contributed by atoms with Gasteiger partial charge in [-0.05, 0) is 12.8 Å². The molecular formula is C17H22O4. The van der Waals surface area contributed by atoms with Crippen LogP contribution >= 0.6 is 0 Å². The van der Waals surface area contributed by atoms with Crippen molar-refractivity contribution in [3.8, 4) is 0 Å². The Hall–Kier alpha value is -1.52. The van der Waals surface area contributed by atoms with E-state index in [1.807, 2.05) is 6.08 Å². The molecule has 0 aromatic carbocycles. The maximum Gasteiger partial charge on any atom is 0.198 e. The average molecular weight is 290 g/mol. The highest BCUT2D eigenvalue weighted by Gasteiger charge is 2.68. The first-order valence-electron chi connectivity index (χ1n) is 7.50. The highest BCUT2D eigenvalue weighted by molar-refractivity contribution is 6.22. The SMILES string of the molecule is C=CCC12OC1C(=O)C(CO)=C(/C=C/CCCCC)C2=O. The van der Waals surface area contributed by atoms with E-state index in [-0.39, 0.29) is 17.1 Å². The molecule has 0 radical (unpaired) electrons. The zero-order chi connectivity index (χ0) is 15.5. The van der Waals surface area contributed by atoms with Gasteiger partial charge in [0.25, 0.3) is 0 Å². The zero-order valence-corrected chi connectivity index (χ0v) is 12.4. The predicted molar refractivity (Wildman–Crippen MR) is 79.8 cm³/mol. The number of aliphatic hydroxyl groups is 1. The largest absolute Gasteiger partial charge is 0.392 e. The highest BCUT2D eigenvalue weighted by atomic mass is 16.6. The van der Waals surface area contributed by atoms with Crippen molar-refractivity contribution < 1.29 is 19.4 Å². The smallest absolute Gasteiger partial charge is 0.198 e. The molecule has 2 rings (SSSR count). The molecule has 2 aliphatic rings. The number of hydrogen-bond acceptors (Lipinski definition) is 4. The van der Waals surface area contributed by atoms with Gasteiger partial charge in [0.15, 0.2) is 23.3 Å². The molecule has 0 aromatic heterocycles. The number of carbonyl (C=O) groups excluding carboxylic acids is 2. The third-order valence-electron chi connectivity index (χ3n) is 4.05. The van der Waals surface area contributed by atoms with E-state index >= 15 is 0 Å². The number of epoxide rings is 1. The van der Waals surface area contributed by atoms with Gasteiger partial charge in [-0.25, -0.2) is 0 Å². The first-order valence-corrected chi connectivity index (χ1v) is 7.50. The summed E-state index contributed by atoms with van der Waals surface area (Å²) in [5.41, 5.74) is -0.579. The van der Waals surface area contributed by atoms with E-state index in [0.717, 1.165) is 25.7 Å². The number of hydrogen-bond donors (Lipinski definition) is 1. The Morgan fingerprint density at radius 1 is 1.38 bits per heavy atom. The minimum atomic E-state index is -1.05. The molecule has 114 valence electrons. The molecule has 0 aromatic rings. The first-order chi connectivity index (χ1) is 10.1. The van der Waals surface area contributed by atoms with Crippen molar-refractivity contribution >= 4 is 11.6 Å². The van der Waals surface area contributed by atoms with Gasteiger partial charge in [-0.3, -0.25) is 9.59 Å². The van der Waals surface area contributed by atoms with Gasteiger partial charge >= 0.3 is 0 Å². The summed E-state index contributed by atoms with van der Waals surface area (Å²) < 4.78 is 5.38. The molecule has 0 saturated carbocycles. The summed E-state index contributed by atoms with van der Waals surface area (Å²) >= 11 is 0. The fourth-order valence-corrected chi connectivity index (χ4v) is 2.79. The quantitative estimate of drug-likeness (QED) is 0.423. The molecule has 2 atom stereocenters. The van der Waals surface area contributed by atoms with Gasteiger partial charge in [0.1, 0.15) is 0 Å². The van der Waals surface area contributed by atoms with E-state index in [4.69, 9.17) is 4.74 Å². The predicted octanol–water partition coefficient (Wildman–Crippen LogP) is 2.28. The van der Waals surface area contributed by atoms with Crippen LogP contribution in [0.15, 0.2) is 36.0 Å². The Morgan fingerprint density at radius 2 is 2.14 bits per heavy atom. The summed E-state index contributed by atoms with van der Waals surface area (Å²) in [6, 6.07) is 0. The second-order valence-electron chi connectivity index (χ2n) is 5.52. The Balaban J connectivity index is 2.20. The number of rotatable bonds is 8. The lowest BCUT2D eigenvalue weighted by Crippen LogP contribution is -2.38. The standard InChI is InChI=1S/C17H22O4/c1-3-5-6-7-8-9-12-13(11-18)14(19)16-17(21-16,10-4-2)15(12)20/h4,8-9,16,18H,2-3,5-7,10-11H2,1H3/b9-8+. The number of Topliss-reactive ketones (excluding diaryl/α,β-unsaturated/α-hetero) is 2. The lowest BCUT2D eigenvalue weighted by molar-refractivity contribution is -0.123. The number of carbonyl (C=O) groups is 2. The van der Waals surface area contributed by atoms with E-state index in [1.165, 1.54) is 0 Å². The molecule has 2 unspecified atom stereocenters. The van der Waals surface area contributed by atoms with Gasteiger partial charge in [0.05, 0.1) is 6.61 Å². The Kier molecular flexibility index (Phi) is 4.91. The van der Waals surface area contributed by atoms with Crippen LogP contribution in [-0.2, 0) is 14.3 Å². The maximum absolute atomic E-state index is 12.6. The third kappa shape index (κ3) is 2.78. The number of unbranched alkanes of at least 4 members (excludes halogenated alkanes) is 3. The molecule has 4 nitrogen and oxygen atoms in total. The van der Waals surface area contributed by atoms with Crippen molar-refractivity contribution in [3.63, 3.8) is 0 Å².